The Morgan fingerprint density at radius 2 is 1.81 bits per heavy atom. The summed E-state index contributed by atoms with van der Waals surface area (Å²) in [6, 6.07) is 10.7. The van der Waals surface area contributed by atoms with Gasteiger partial charge in [-0.25, -0.2) is 17.5 Å². The van der Waals surface area contributed by atoms with Gasteiger partial charge >= 0.3 is 0 Å². The zero-order chi connectivity index (χ0) is 18.9. The fraction of sp³-hybridized carbons (Fsp3) is 0.316. The third kappa shape index (κ3) is 3.94. The second-order valence-electron chi connectivity index (χ2n) is 6.65. The Balaban J connectivity index is 1.65. The maximum atomic E-state index is 13.0. The summed E-state index contributed by atoms with van der Waals surface area (Å²) in [7, 11) is -3.62. The van der Waals surface area contributed by atoms with E-state index in [1.807, 2.05) is 13.8 Å². The van der Waals surface area contributed by atoms with Gasteiger partial charge in [0.2, 0.25) is 15.9 Å². The molecule has 0 spiro atoms. The number of amides is 1. The Hall–Kier alpha value is -2.25. The fourth-order valence-corrected chi connectivity index (χ4v) is 4.18. The number of carbonyl (C=O) groups excluding carboxylic acids is 1. The fourth-order valence-electron chi connectivity index (χ4n) is 2.98. The summed E-state index contributed by atoms with van der Waals surface area (Å²) in [6.07, 6.45) is 0.257. The molecule has 5 nitrogen and oxygen atoms in total. The maximum Gasteiger partial charge on any atom is 0.240 e. The summed E-state index contributed by atoms with van der Waals surface area (Å²) in [5.74, 6) is -0.584. The monoisotopic (exact) mass is 376 g/mol. The van der Waals surface area contributed by atoms with Crippen molar-refractivity contribution in [2.75, 3.05) is 18.0 Å². The predicted octanol–water partition coefficient (Wildman–Crippen LogP) is 2.77. The van der Waals surface area contributed by atoms with E-state index in [-0.39, 0.29) is 35.5 Å². The lowest BCUT2D eigenvalue weighted by molar-refractivity contribution is -0.117. The molecule has 0 aromatic heterocycles. The lowest BCUT2D eigenvalue weighted by Gasteiger charge is -2.17. The van der Waals surface area contributed by atoms with Gasteiger partial charge in [0.15, 0.2) is 0 Å². The Morgan fingerprint density at radius 1 is 1.12 bits per heavy atom. The molecule has 1 amide bonds. The van der Waals surface area contributed by atoms with Crippen molar-refractivity contribution in [3.05, 3.63) is 59.4 Å². The minimum Gasteiger partial charge on any atom is -0.312 e. The smallest absolute Gasteiger partial charge is 0.240 e. The van der Waals surface area contributed by atoms with Crippen LogP contribution in [0, 0.1) is 25.6 Å². The van der Waals surface area contributed by atoms with Crippen LogP contribution in [0.15, 0.2) is 47.4 Å². The van der Waals surface area contributed by atoms with Gasteiger partial charge in [-0.1, -0.05) is 6.07 Å². The zero-order valence-corrected chi connectivity index (χ0v) is 15.5. The second kappa shape index (κ2) is 7.17. The van der Waals surface area contributed by atoms with Crippen molar-refractivity contribution in [2.24, 2.45) is 5.92 Å². The molecule has 0 bridgehead atoms. The van der Waals surface area contributed by atoms with Gasteiger partial charge in [-0.2, -0.15) is 0 Å². The first kappa shape index (κ1) is 18.5. The molecule has 2 aromatic carbocycles. The molecule has 0 saturated carbocycles. The van der Waals surface area contributed by atoms with E-state index in [0.717, 1.165) is 11.1 Å². The molecule has 1 aliphatic heterocycles. The summed E-state index contributed by atoms with van der Waals surface area (Å²) in [6.45, 7) is 4.37. The van der Waals surface area contributed by atoms with Gasteiger partial charge in [0, 0.05) is 25.2 Å². The van der Waals surface area contributed by atoms with Crippen LogP contribution >= 0.6 is 0 Å². The Kier molecular flexibility index (Phi) is 5.11. The molecule has 0 aliphatic carbocycles. The first-order valence-electron chi connectivity index (χ1n) is 8.39. The van der Waals surface area contributed by atoms with E-state index in [1.54, 1.807) is 35.2 Å². The standard InChI is InChI=1S/C19H21FN2O3S/c1-13-3-8-18(9-14(13)2)26(24,25)21-11-15-10-19(23)22(12-15)17-6-4-16(20)5-7-17/h3-9,15,21H,10-12H2,1-2H3. The van der Waals surface area contributed by atoms with E-state index in [4.69, 9.17) is 0 Å². The summed E-state index contributed by atoms with van der Waals surface area (Å²) >= 11 is 0. The third-order valence-electron chi connectivity index (χ3n) is 4.69. The molecule has 2 aromatic rings. The molecule has 1 aliphatic rings. The summed E-state index contributed by atoms with van der Waals surface area (Å²) < 4.78 is 40.6. The number of rotatable bonds is 5. The Bertz CT molecular complexity index is 926. The Labute approximate surface area is 152 Å². The number of carbonyl (C=O) groups is 1. The van der Waals surface area contributed by atoms with Crippen molar-refractivity contribution in [1.82, 2.24) is 4.72 Å². The zero-order valence-electron chi connectivity index (χ0n) is 14.7. The Morgan fingerprint density at radius 3 is 2.46 bits per heavy atom. The van der Waals surface area contributed by atoms with E-state index in [2.05, 4.69) is 4.72 Å². The van der Waals surface area contributed by atoms with Crippen LogP contribution in [0.2, 0.25) is 0 Å². The molecule has 1 atom stereocenters. The average molecular weight is 376 g/mol. The van der Waals surface area contributed by atoms with Gasteiger partial charge in [-0.3, -0.25) is 4.79 Å². The molecule has 1 N–H and O–H groups in total. The quantitative estimate of drug-likeness (QED) is 0.873. The van der Waals surface area contributed by atoms with Crippen LogP contribution in [0.25, 0.3) is 0 Å². The molecule has 26 heavy (non-hydrogen) atoms. The first-order chi connectivity index (χ1) is 12.3. The number of nitrogens with one attached hydrogen (secondary N) is 1. The normalized spacial score (nSPS) is 17.7. The number of sulfonamides is 1. The maximum absolute atomic E-state index is 13.0. The molecule has 3 rings (SSSR count). The van der Waals surface area contributed by atoms with Crippen molar-refractivity contribution in [3.63, 3.8) is 0 Å². The molecular weight excluding hydrogens is 355 g/mol. The van der Waals surface area contributed by atoms with Crippen LogP contribution < -0.4 is 9.62 Å². The van der Waals surface area contributed by atoms with Gasteiger partial charge in [-0.05, 0) is 67.3 Å². The van der Waals surface area contributed by atoms with Gasteiger partial charge < -0.3 is 4.90 Å². The molecule has 138 valence electrons. The third-order valence-corrected chi connectivity index (χ3v) is 6.12. The van der Waals surface area contributed by atoms with E-state index >= 15 is 0 Å². The highest BCUT2D eigenvalue weighted by atomic mass is 32.2. The van der Waals surface area contributed by atoms with Gasteiger partial charge in [0.1, 0.15) is 5.82 Å². The lowest BCUT2D eigenvalue weighted by atomic mass is 10.1. The van der Waals surface area contributed by atoms with Crippen LogP contribution in [-0.4, -0.2) is 27.4 Å². The van der Waals surface area contributed by atoms with Crippen LogP contribution in [0.4, 0.5) is 10.1 Å². The highest BCUT2D eigenvalue weighted by Crippen LogP contribution is 2.25. The number of halogens is 1. The number of aryl methyl sites for hydroxylation is 2. The number of hydrogen-bond donors (Lipinski definition) is 1. The summed E-state index contributed by atoms with van der Waals surface area (Å²) in [5.41, 5.74) is 2.56. The molecular formula is C19H21FN2O3S. The largest absolute Gasteiger partial charge is 0.312 e. The van der Waals surface area contributed by atoms with E-state index < -0.39 is 10.0 Å². The number of hydrogen-bond acceptors (Lipinski definition) is 3. The van der Waals surface area contributed by atoms with E-state index in [1.165, 1.54) is 12.1 Å². The second-order valence-corrected chi connectivity index (χ2v) is 8.42. The molecule has 1 saturated heterocycles. The van der Waals surface area contributed by atoms with Crippen molar-refractivity contribution >= 4 is 21.6 Å². The predicted molar refractivity (Wildman–Crippen MR) is 98.0 cm³/mol. The van der Waals surface area contributed by atoms with Crippen molar-refractivity contribution in [3.8, 4) is 0 Å². The van der Waals surface area contributed by atoms with Crippen molar-refractivity contribution in [1.29, 1.82) is 0 Å². The highest BCUT2D eigenvalue weighted by molar-refractivity contribution is 7.89. The van der Waals surface area contributed by atoms with Crippen molar-refractivity contribution in [2.45, 2.75) is 25.2 Å². The van der Waals surface area contributed by atoms with Gasteiger partial charge in [-0.15, -0.1) is 0 Å². The molecule has 1 fully saturated rings. The molecule has 7 heteroatoms. The lowest BCUT2D eigenvalue weighted by Crippen LogP contribution is -2.31. The van der Waals surface area contributed by atoms with E-state index in [0.29, 0.717) is 12.2 Å². The van der Waals surface area contributed by atoms with Gasteiger partial charge in [0.25, 0.3) is 0 Å². The van der Waals surface area contributed by atoms with Crippen LogP contribution in [0.1, 0.15) is 17.5 Å². The summed E-state index contributed by atoms with van der Waals surface area (Å²) in [4.78, 5) is 14.0. The minimum atomic E-state index is -3.62. The molecule has 1 heterocycles. The average Bonchev–Trinajstić information content (AvgIpc) is 2.97. The minimum absolute atomic E-state index is 0.0908. The van der Waals surface area contributed by atoms with Crippen LogP contribution in [-0.2, 0) is 14.8 Å². The number of benzene rings is 2. The first-order valence-corrected chi connectivity index (χ1v) is 9.87. The molecule has 1 unspecified atom stereocenters. The van der Waals surface area contributed by atoms with E-state index in [9.17, 15) is 17.6 Å². The van der Waals surface area contributed by atoms with Crippen LogP contribution in [0.3, 0.4) is 0 Å². The number of anilines is 1. The number of nitrogens with zero attached hydrogens (tertiary/aromatic N) is 1. The molecule has 0 radical (unpaired) electrons. The van der Waals surface area contributed by atoms with Crippen molar-refractivity contribution < 1.29 is 17.6 Å². The van der Waals surface area contributed by atoms with Gasteiger partial charge in [0.05, 0.1) is 4.90 Å². The highest BCUT2D eigenvalue weighted by Gasteiger charge is 2.31. The summed E-state index contributed by atoms with van der Waals surface area (Å²) in [5, 5.41) is 0. The SMILES string of the molecule is Cc1ccc(S(=O)(=O)NCC2CC(=O)N(c3ccc(F)cc3)C2)cc1C. The van der Waals surface area contributed by atoms with Crippen LogP contribution in [0.5, 0.6) is 0 Å². The topological polar surface area (TPSA) is 66.5 Å².